The highest BCUT2D eigenvalue weighted by atomic mass is 16.2. The van der Waals surface area contributed by atoms with Crippen LogP contribution in [-0.2, 0) is 14.4 Å². The molecular weight excluding hydrogens is 392 g/mol. The van der Waals surface area contributed by atoms with E-state index < -0.39 is 0 Å². The van der Waals surface area contributed by atoms with Gasteiger partial charge >= 0.3 is 0 Å². The van der Waals surface area contributed by atoms with Crippen molar-refractivity contribution in [2.24, 2.45) is 5.92 Å². The van der Waals surface area contributed by atoms with E-state index in [1.54, 1.807) is 48.5 Å². The maximum Gasteiger partial charge on any atom is 0.243 e. The first-order valence-corrected chi connectivity index (χ1v) is 10.7. The van der Waals surface area contributed by atoms with Gasteiger partial charge in [-0.1, -0.05) is 39.7 Å². The van der Waals surface area contributed by atoms with Crippen molar-refractivity contribution in [3.8, 4) is 0 Å². The highest BCUT2D eigenvalue weighted by Gasteiger charge is 2.08. The molecule has 0 spiro atoms. The van der Waals surface area contributed by atoms with Gasteiger partial charge in [0.25, 0.3) is 0 Å². The lowest BCUT2D eigenvalue weighted by molar-refractivity contribution is -0.119. The minimum absolute atomic E-state index is 0.0216. The Balaban J connectivity index is 1.81. The van der Waals surface area contributed by atoms with Crippen LogP contribution in [-0.4, -0.2) is 24.3 Å². The molecule has 0 atom stereocenters. The van der Waals surface area contributed by atoms with Crippen LogP contribution >= 0.6 is 0 Å². The number of hydrogen-bond donors (Lipinski definition) is 4. The summed E-state index contributed by atoms with van der Waals surface area (Å²) in [7, 11) is 0. The zero-order chi connectivity index (χ0) is 22.6. The average Bonchev–Trinajstić information content (AvgIpc) is 2.73. The summed E-state index contributed by atoms with van der Waals surface area (Å²) in [4.78, 5) is 36.0. The van der Waals surface area contributed by atoms with E-state index in [1.165, 1.54) is 0 Å². The minimum atomic E-state index is -0.205. The molecule has 0 unspecified atom stereocenters. The lowest BCUT2D eigenvalue weighted by atomic mass is 10.2. The molecule has 31 heavy (non-hydrogen) atoms. The summed E-state index contributed by atoms with van der Waals surface area (Å²) in [6, 6.07) is 14.3. The SMILES string of the molecule is CCCCCC(=O)Nc1cccc(NC(=O)CNc2ccc(NC(=O)C(C)C)cc2)c1. The molecule has 0 heterocycles. The first-order valence-electron chi connectivity index (χ1n) is 10.7. The van der Waals surface area contributed by atoms with Crippen LogP contribution in [0.5, 0.6) is 0 Å². The molecule has 7 nitrogen and oxygen atoms in total. The number of carbonyl (C=O) groups excluding carboxylic acids is 3. The zero-order valence-electron chi connectivity index (χ0n) is 18.5. The van der Waals surface area contributed by atoms with E-state index in [4.69, 9.17) is 0 Å². The second-order valence-corrected chi connectivity index (χ2v) is 7.71. The van der Waals surface area contributed by atoms with E-state index >= 15 is 0 Å². The van der Waals surface area contributed by atoms with Crippen molar-refractivity contribution in [2.45, 2.75) is 46.5 Å². The number of unbranched alkanes of at least 4 members (excludes halogenated alkanes) is 2. The summed E-state index contributed by atoms with van der Waals surface area (Å²) in [6.07, 6.45) is 3.47. The number of carbonyl (C=O) groups is 3. The van der Waals surface area contributed by atoms with Gasteiger partial charge in [-0.15, -0.1) is 0 Å². The lowest BCUT2D eigenvalue weighted by Gasteiger charge is -2.11. The quantitative estimate of drug-likeness (QED) is 0.388. The van der Waals surface area contributed by atoms with Gasteiger partial charge in [-0.05, 0) is 48.9 Å². The number of rotatable bonds is 11. The van der Waals surface area contributed by atoms with Crippen LogP contribution in [0.4, 0.5) is 22.7 Å². The smallest absolute Gasteiger partial charge is 0.243 e. The van der Waals surface area contributed by atoms with Crippen LogP contribution in [0.2, 0.25) is 0 Å². The molecule has 7 heteroatoms. The van der Waals surface area contributed by atoms with Crippen molar-refractivity contribution in [2.75, 3.05) is 27.8 Å². The summed E-state index contributed by atoms with van der Waals surface area (Å²) in [5.41, 5.74) is 2.75. The summed E-state index contributed by atoms with van der Waals surface area (Å²) < 4.78 is 0. The Morgan fingerprint density at radius 1 is 0.774 bits per heavy atom. The first kappa shape index (κ1) is 23.9. The fourth-order valence-electron chi connectivity index (χ4n) is 2.78. The van der Waals surface area contributed by atoms with Crippen LogP contribution in [0.3, 0.4) is 0 Å². The molecule has 2 aromatic rings. The van der Waals surface area contributed by atoms with Gasteiger partial charge in [0.2, 0.25) is 17.7 Å². The molecule has 0 saturated carbocycles. The molecule has 3 amide bonds. The minimum Gasteiger partial charge on any atom is -0.376 e. The predicted molar refractivity (Wildman–Crippen MR) is 126 cm³/mol. The van der Waals surface area contributed by atoms with Gasteiger partial charge in [-0.2, -0.15) is 0 Å². The number of amides is 3. The molecule has 166 valence electrons. The number of benzene rings is 2. The molecule has 0 bridgehead atoms. The standard InChI is InChI=1S/C24H32N4O3/c1-4-5-6-10-22(29)26-20-8-7-9-21(15-20)27-23(30)16-25-18-11-13-19(14-12-18)28-24(31)17(2)3/h7-9,11-15,17,25H,4-6,10,16H2,1-3H3,(H,26,29)(H,27,30)(H,28,31). The van der Waals surface area contributed by atoms with Crippen molar-refractivity contribution in [1.82, 2.24) is 0 Å². The molecule has 0 aliphatic carbocycles. The van der Waals surface area contributed by atoms with Gasteiger partial charge in [-0.25, -0.2) is 0 Å². The summed E-state index contributed by atoms with van der Waals surface area (Å²) in [6.45, 7) is 5.86. The lowest BCUT2D eigenvalue weighted by Crippen LogP contribution is -2.22. The largest absolute Gasteiger partial charge is 0.376 e. The normalized spacial score (nSPS) is 10.5. The van der Waals surface area contributed by atoms with E-state index in [-0.39, 0.29) is 30.2 Å². The molecule has 0 aliphatic heterocycles. The van der Waals surface area contributed by atoms with E-state index in [2.05, 4.69) is 28.2 Å². The van der Waals surface area contributed by atoms with Crippen LogP contribution in [0, 0.1) is 5.92 Å². The monoisotopic (exact) mass is 424 g/mol. The Morgan fingerprint density at radius 3 is 2.00 bits per heavy atom. The third-order valence-electron chi connectivity index (χ3n) is 4.57. The first-order chi connectivity index (χ1) is 14.9. The molecule has 0 saturated heterocycles. The average molecular weight is 425 g/mol. The van der Waals surface area contributed by atoms with Crippen LogP contribution in [0.1, 0.15) is 46.5 Å². The highest BCUT2D eigenvalue weighted by Crippen LogP contribution is 2.17. The Kier molecular flexibility index (Phi) is 9.55. The zero-order valence-corrected chi connectivity index (χ0v) is 18.5. The van der Waals surface area contributed by atoms with Gasteiger partial charge in [0.1, 0.15) is 0 Å². The number of hydrogen-bond acceptors (Lipinski definition) is 4. The topological polar surface area (TPSA) is 99.3 Å². The van der Waals surface area contributed by atoms with Gasteiger partial charge < -0.3 is 21.3 Å². The highest BCUT2D eigenvalue weighted by molar-refractivity contribution is 5.96. The van der Waals surface area contributed by atoms with Crippen molar-refractivity contribution in [3.63, 3.8) is 0 Å². The predicted octanol–water partition coefficient (Wildman–Crippen LogP) is 4.85. The molecular formula is C24H32N4O3. The van der Waals surface area contributed by atoms with Crippen molar-refractivity contribution < 1.29 is 14.4 Å². The van der Waals surface area contributed by atoms with Gasteiger partial charge in [0.15, 0.2) is 0 Å². The Bertz CT molecular complexity index is 879. The second-order valence-electron chi connectivity index (χ2n) is 7.71. The Labute approximate surface area is 184 Å². The molecule has 0 aromatic heterocycles. The summed E-state index contributed by atoms with van der Waals surface area (Å²) >= 11 is 0. The summed E-state index contributed by atoms with van der Waals surface area (Å²) in [5.74, 6) is -0.357. The Hall–Kier alpha value is -3.35. The van der Waals surface area contributed by atoms with Gasteiger partial charge in [0, 0.05) is 35.1 Å². The maximum absolute atomic E-state index is 12.3. The fourth-order valence-corrected chi connectivity index (χ4v) is 2.78. The molecule has 0 fully saturated rings. The summed E-state index contributed by atoms with van der Waals surface area (Å²) in [5, 5.41) is 11.6. The van der Waals surface area contributed by atoms with Crippen LogP contribution in [0.25, 0.3) is 0 Å². The van der Waals surface area contributed by atoms with E-state index in [1.807, 2.05) is 13.8 Å². The van der Waals surface area contributed by atoms with Gasteiger partial charge in [-0.3, -0.25) is 14.4 Å². The third-order valence-corrected chi connectivity index (χ3v) is 4.57. The van der Waals surface area contributed by atoms with Crippen molar-refractivity contribution in [3.05, 3.63) is 48.5 Å². The molecule has 0 aliphatic rings. The van der Waals surface area contributed by atoms with Crippen LogP contribution < -0.4 is 21.3 Å². The molecule has 2 rings (SSSR count). The third kappa shape index (κ3) is 8.90. The van der Waals surface area contributed by atoms with Gasteiger partial charge in [0.05, 0.1) is 6.54 Å². The van der Waals surface area contributed by atoms with Crippen LogP contribution in [0.15, 0.2) is 48.5 Å². The maximum atomic E-state index is 12.3. The van der Waals surface area contributed by atoms with E-state index in [0.29, 0.717) is 23.5 Å². The molecule has 2 aromatic carbocycles. The van der Waals surface area contributed by atoms with Crippen molar-refractivity contribution >= 4 is 40.5 Å². The van der Waals surface area contributed by atoms with E-state index in [9.17, 15) is 14.4 Å². The second kappa shape index (κ2) is 12.4. The number of anilines is 4. The molecule has 0 radical (unpaired) electrons. The fraction of sp³-hybridized carbons (Fsp3) is 0.375. The Morgan fingerprint density at radius 2 is 1.39 bits per heavy atom. The molecule has 4 N–H and O–H groups in total. The number of nitrogens with one attached hydrogen (secondary N) is 4. The van der Waals surface area contributed by atoms with Crippen molar-refractivity contribution in [1.29, 1.82) is 0 Å². The van der Waals surface area contributed by atoms with E-state index in [0.717, 1.165) is 24.9 Å².